The van der Waals surface area contributed by atoms with Gasteiger partial charge in [-0.3, -0.25) is 4.79 Å². The molecule has 116 valence electrons. The van der Waals surface area contributed by atoms with E-state index in [1.807, 2.05) is 0 Å². The zero-order valence-electron chi connectivity index (χ0n) is 11.7. The highest BCUT2D eigenvalue weighted by molar-refractivity contribution is 7.90. The van der Waals surface area contributed by atoms with Crippen LogP contribution in [0.2, 0.25) is 0 Å². The second-order valence-corrected chi connectivity index (χ2v) is 7.64. The van der Waals surface area contributed by atoms with Crippen molar-refractivity contribution < 1.29 is 22.0 Å². The minimum Gasteiger partial charge on any atom is -0.339 e. The van der Waals surface area contributed by atoms with E-state index in [0.717, 1.165) is 12.1 Å². The fourth-order valence-corrected chi connectivity index (χ4v) is 3.73. The number of benzene rings is 1. The largest absolute Gasteiger partial charge is 0.339 e. The van der Waals surface area contributed by atoms with Crippen molar-refractivity contribution in [1.82, 2.24) is 4.90 Å². The lowest BCUT2D eigenvalue weighted by atomic mass is 9.98. The average Bonchev–Trinajstić information content (AvgIpc) is 2.40. The van der Waals surface area contributed by atoms with Crippen molar-refractivity contribution in [1.29, 1.82) is 0 Å². The van der Waals surface area contributed by atoms with Crippen LogP contribution in [0.3, 0.4) is 0 Å². The van der Waals surface area contributed by atoms with Gasteiger partial charge < -0.3 is 4.90 Å². The molecule has 0 aliphatic carbocycles. The molecule has 0 aromatic heterocycles. The maximum Gasteiger partial charge on any atom is 0.253 e. The topological polar surface area (TPSA) is 54.5 Å². The van der Waals surface area contributed by atoms with Crippen LogP contribution in [0.15, 0.2) is 18.2 Å². The number of sulfone groups is 1. The van der Waals surface area contributed by atoms with E-state index in [2.05, 4.69) is 0 Å². The third-order valence-corrected chi connectivity index (χ3v) is 4.68. The Hall–Kier alpha value is -1.50. The molecular formula is C14H17F2NO3S. The lowest BCUT2D eigenvalue weighted by Gasteiger charge is -2.31. The number of hydrogen-bond donors (Lipinski definition) is 0. The first-order valence-electron chi connectivity index (χ1n) is 6.68. The Balaban J connectivity index is 1.98. The number of carbonyl (C=O) groups excluding carboxylic acids is 1. The van der Waals surface area contributed by atoms with E-state index in [1.165, 1.54) is 12.3 Å². The van der Waals surface area contributed by atoms with Gasteiger partial charge >= 0.3 is 0 Å². The second-order valence-electron chi connectivity index (χ2n) is 5.46. The maximum absolute atomic E-state index is 13.1. The number of rotatable bonds is 3. The standard InChI is InChI=1S/C14H17F2NO3S/c1-21(19,20)9-10-4-6-17(7-5-10)14(18)11-2-3-12(15)13(16)8-11/h2-3,8,10H,4-7,9H2,1H3. The minimum atomic E-state index is -3.02. The van der Waals surface area contributed by atoms with Crippen LogP contribution in [0.1, 0.15) is 23.2 Å². The van der Waals surface area contributed by atoms with Crippen molar-refractivity contribution in [2.45, 2.75) is 12.8 Å². The van der Waals surface area contributed by atoms with Gasteiger partial charge in [0.1, 0.15) is 9.84 Å². The third kappa shape index (κ3) is 4.23. The summed E-state index contributed by atoms with van der Waals surface area (Å²) in [5, 5.41) is 0. The Labute approximate surface area is 122 Å². The molecule has 0 N–H and O–H groups in total. The summed E-state index contributed by atoms with van der Waals surface area (Å²) in [6, 6.07) is 3.07. The lowest BCUT2D eigenvalue weighted by Crippen LogP contribution is -2.39. The van der Waals surface area contributed by atoms with Gasteiger partial charge in [0.15, 0.2) is 11.6 Å². The van der Waals surface area contributed by atoms with Crippen molar-refractivity contribution in [2.75, 3.05) is 25.1 Å². The van der Waals surface area contributed by atoms with E-state index in [4.69, 9.17) is 0 Å². The highest BCUT2D eigenvalue weighted by Crippen LogP contribution is 2.21. The van der Waals surface area contributed by atoms with Crippen molar-refractivity contribution in [2.24, 2.45) is 5.92 Å². The quantitative estimate of drug-likeness (QED) is 0.855. The number of amides is 1. The highest BCUT2D eigenvalue weighted by Gasteiger charge is 2.26. The molecule has 7 heteroatoms. The molecule has 1 aromatic carbocycles. The van der Waals surface area contributed by atoms with Crippen LogP contribution in [0.25, 0.3) is 0 Å². The number of nitrogens with zero attached hydrogens (tertiary/aromatic N) is 1. The van der Waals surface area contributed by atoms with Crippen LogP contribution in [0.4, 0.5) is 8.78 Å². The average molecular weight is 317 g/mol. The molecule has 0 unspecified atom stereocenters. The molecule has 4 nitrogen and oxygen atoms in total. The SMILES string of the molecule is CS(=O)(=O)CC1CCN(C(=O)c2ccc(F)c(F)c2)CC1. The lowest BCUT2D eigenvalue weighted by molar-refractivity contribution is 0.0697. The van der Waals surface area contributed by atoms with Crippen molar-refractivity contribution in [3.05, 3.63) is 35.4 Å². The van der Waals surface area contributed by atoms with E-state index in [1.54, 1.807) is 4.90 Å². The van der Waals surface area contributed by atoms with Gasteiger partial charge in [0, 0.05) is 24.9 Å². The molecule has 1 fully saturated rings. The molecule has 1 aliphatic heterocycles. The molecule has 0 radical (unpaired) electrons. The first kappa shape index (κ1) is 15.9. The summed E-state index contributed by atoms with van der Waals surface area (Å²) in [4.78, 5) is 13.7. The fraction of sp³-hybridized carbons (Fsp3) is 0.500. The van der Waals surface area contributed by atoms with Crippen LogP contribution < -0.4 is 0 Å². The molecule has 2 rings (SSSR count). The fourth-order valence-electron chi connectivity index (χ4n) is 2.54. The van der Waals surface area contributed by atoms with Gasteiger partial charge in [-0.05, 0) is 37.0 Å². The molecule has 1 heterocycles. The van der Waals surface area contributed by atoms with Crippen LogP contribution in [0.5, 0.6) is 0 Å². The van der Waals surface area contributed by atoms with E-state index >= 15 is 0 Å². The Morgan fingerprint density at radius 3 is 2.38 bits per heavy atom. The highest BCUT2D eigenvalue weighted by atomic mass is 32.2. The first-order valence-corrected chi connectivity index (χ1v) is 8.74. The van der Waals surface area contributed by atoms with Crippen LogP contribution in [-0.4, -0.2) is 44.3 Å². The summed E-state index contributed by atoms with van der Waals surface area (Å²) < 4.78 is 48.5. The molecule has 0 saturated carbocycles. The number of carbonyl (C=O) groups is 1. The van der Waals surface area contributed by atoms with Gasteiger partial charge in [-0.1, -0.05) is 0 Å². The molecule has 1 aromatic rings. The van der Waals surface area contributed by atoms with Crippen molar-refractivity contribution >= 4 is 15.7 Å². The summed E-state index contributed by atoms with van der Waals surface area (Å²) in [7, 11) is -3.02. The molecule has 0 atom stereocenters. The summed E-state index contributed by atoms with van der Waals surface area (Å²) in [5.41, 5.74) is 0.107. The second kappa shape index (κ2) is 6.09. The number of halogens is 2. The Morgan fingerprint density at radius 1 is 1.24 bits per heavy atom. The monoisotopic (exact) mass is 317 g/mol. The Morgan fingerprint density at radius 2 is 1.86 bits per heavy atom. The van der Waals surface area contributed by atoms with Gasteiger partial charge in [0.2, 0.25) is 0 Å². The van der Waals surface area contributed by atoms with Gasteiger partial charge in [0.25, 0.3) is 5.91 Å². The molecule has 1 saturated heterocycles. The zero-order chi connectivity index (χ0) is 15.6. The molecule has 21 heavy (non-hydrogen) atoms. The molecule has 0 spiro atoms. The van der Waals surface area contributed by atoms with E-state index < -0.39 is 21.5 Å². The van der Waals surface area contributed by atoms with Crippen LogP contribution in [-0.2, 0) is 9.84 Å². The summed E-state index contributed by atoms with van der Waals surface area (Å²) in [5.74, 6) is -2.22. The normalized spacial score (nSPS) is 17.0. The van der Waals surface area contributed by atoms with Crippen LogP contribution >= 0.6 is 0 Å². The molecule has 1 amide bonds. The van der Waals surface area contributed by atoms with Crippen molar-refractivity contribution in [3.8, 4) is 0 Å². The molecule has 1 aliphatic rings. The van der Waals surface area contributed by atoms with E-state index in [0.29, 0.717) is 25.9 Å². The number of likely N-dealkylation sites (tertiary alicyclic amines) is 1. The Bertz CT molecular complexity index is 638. The number of piperidine rings is 1. The van der Waals surface area contributed by atoms with Gasteiger partial charge in [-0.25, -0.2) is 17.2 Å². The Kier molecular flexibility index (Phi) is 4.61. The van der Waals surface area contributed by atoms with Gasteiger partial charge in [-0.2, -0.15) is 0 Å². The zero-order valence-corrected chi connectivity index (χ0v) is 12.5. The first-order chi connectivity index (χ1) is 9.76. The predicted octanol–water partition coefficient (Wildman–Crippen LogP) is 1.86. The summed E-state index contributed by atoms with van der Waals surface area (Å²) in [6.45, 7) is 0.857. The number of hydrogen-bond acceptors (Lipinski definition) is 3. The van der Waals surface area contributed by atoms with Gasteiger partial charge in [-0.15, -0.1) is 0 Å². The molecule has 0 bridgehead atoms. The van der Waals surface area contributed by atoms with Gasteiger partial charge in [0.05, 0.1) is 5.75 Å². The molecular weight excluding hydrogens is 300 g/mol. The summed E-state index contributed by atoms with van der Waals surface area (Å²) in [6.07, 6.45) is 2.40. The van der Waals surface area contributed by atoms with E-state index in [-0.39, 0.29) is 23.1 Å². The van der Waals surface area contributed by atoms with E-state index in [9.17, 15) is 22.0 Å². The summed E-state index contributed by atoms with van der Waals surface area (Å²) >= 11 is 0. The van der Waals surface area contributed by atoms with Crippen molar-refractivity contribution in [3.63, 3.8) is 0 Å². The predicted molar refractivity (Wildman–Crippen MR) is 74.7 cm³/mol. The van der Waals surface area contributed by atoms with Crippen LogP contribution in [0, 0.1) is 17.6 Å². The smallest absolute Gasteiger partial charge is 0.253 e. The third-order valence-electron chi connectivity index (χ3n) is 3.61. The minimum absolute atomic E-state index is 0.0500. The maximum atomic E-state index is 13.1.